The van der Waals surface area contributed by atoms with Gasteiger partial charge in [-0.15, -0.1) is 0 Å². The summed E-state index contributed by atoms with van der Waals surface area (Å²) in [6.45, 7) is 5.16. The summed E-state index contributed by atoms with van der Waals surface area (Å²) in [5.41, 5.74) is 0. The van der Waals surface area contributed by atoms with Crippen molar-refractivity contribution in [3.63, 3.8) is 0 Å². The molecule has 1 aliphatic rings. The van der Waals surface area contributed by atoms with E-state index >= 15 is 0 Å². The molecule has 0 radical (unpaired) electrons. The van der Waals surface area contributed by atoms with Gasteiger partial charge in [0, 0.05) is 19.5 Å². The lowest BCUT2D eigenvalue weighted by molar-refractivity contribution is -0.159. The van der Waals surface area contributed by atoms with E-state index in [-0.39, 0.29) is 11.9 Å². The van der Waals surface area contributed by atoms with Crippen molar-refractivity contribution in [3.8, 4) is 0 Å². The Morgan fingerprint density at radius 1 is 1.30 bits per heavy atom. The van der Waals surface area contributed by atoms with Crippen LogP contribution in [0.2, 0.25) is 0 Å². The highest BCUT2D eigenvalue weighted by molar-refractivity contribution is 5.74. The minimum atomic E-state index is -0.465. The monoisotopic (exact) mass is 287 g/mol. The minimum absolute atomic E-state index is 0.121. The van der Waals surface area contributed by atoms with E-state index in [1.165, 1.54) is 7.11 Å². The standard InChI is InChI=1S/C14H25NO5/c1-3-19-13(16)7-5-4-6-8-15-9-10-20-12(11-15)14(17)18-2/h12H,3-11H2,1-2H3. The number of methoxy groups -OCH3 is 1. The molecule has 0 aromatic rings. The topological polar surface area (TPSA) is 65.1 Å². The molecule has 0 aromatic heterocycles. The number of nitrogens with zero attached hydrogens (tertiary/aromatic N) is 1. The fourth-order valence-corrected chi connectivity index (χ4v) is 2.19. The molecule has 1 atom stereocenters. The van der Waals surface area contributed by atoms with Crippen LogP contribution < -0.4 is 0 Å². The zero-order valence-corrected chi connectivity index (χ0v) is 12.4. The van der Waals surface area contributed by atoms with Crippen LogP contribution in [-0.4, -0.2) is 62.9 Å². The van der Waals surface area contributed by atoms with Gasteiger partial charge in [-0.2, -0.15) is 0 Å². The highest BCUT2D eigenvalue weighted by Gasteiger charge is 2.26. The Bertz CT molecular complexity index is 308. The quantitative estimate of drug-likeness (QED) is 0.490. The molecule has 116 valence electrons. The molecule has 6 heteroatoms. The van der Waals surface area contributed by atoms with Gasteiger partial charge in [0.2, 0.25) is 0 Å². The molecule has 0 bridgehead atoms. The summed E-state index contributed by atoms with van der Waals surface area (Å²) in [7, 11) is 1.38. The van der Waals surface area contributed by atoms with Crippen molar-refractivity contribution >= 4 is 11.9 Å². The van der Waals surface area contributed by atoms with Crippen molar-refractivity contribution in [2.24, 2.45) is 0 Å². The molecule has 0 saturated carbocycles. The third-order valence-corrected chi connectivity index (χ3v) is 3.28. The molecule has 0 aliphatic carbocycles. The van der Waals surface area contributed by atoms with Gasteiger partial charge in [-0.3, -0.25) is 9.69 Å². The molecule has 1 saturated heterocycles. The molecule has 1 heterocycles. The zero-order valence-electron chi connectivity index (χ0n) is 12.4. The van der Waals surface area contributed by atoms with Gasteiger partial charge in [-0.05, 0) is 26.3 Å². The number of ether oxygens (including phenoxy) is 3. The van der Waals surface area contributed by atoms with Crippen molar-refractivity contribution in [2.75, 3.05) is 40.0 Å². The van der Waals surface area contributed by atoms with Crippen molar-refractivity contribution in [1.82, 2.24) is 4.90 Å². The summed E-state index contributed by atoms with van der Waals surface area (Å²) in [5, 5.41) is 0. The summed E-state index contributed by atoms with van der Waals surface area (Å²) >= 11 is 0. The SMILES string of the molecule is CCOC(=O)CCCCCN1CCOC(C(=O)OC)C1. The molecule has 1 fully saturated rings. The van der Waals surface area contributed by atoms with E-state index in [1.54, 1.807) is 0 Å². The van der Waals surface area contributed by atoms with Crippen LogP contribution in [0.25, 0.3) is 0 Å². The van der Waals surface area contributed by atoms with E-state index in [0.717, 1.165) is 32.4 Å². The molecule has 6 nitrogen and oxygen atoms in total. The summed E-state index contributed by atoms with van der Waals surface area (Å²) in [6.07, 6.45) is 2.87. The fraction of sp³-hybridized carbons (Fsp3) is 0.857. The van der Waals surface area contributed by atoms with Crippen molar-refractivity contribution in [3.05, 3.63) is 0 Å². The Morgan fingerprint density at radius 3 is 2.80 bits per heavy atom. The lowest BCUT2D eigenvalue weighted by Crippen LogP contribution is -2.46. The third kappa shape index (κ3) is 6.34. The number of morpholine rings is 1. The van der Waals surface area contributed by atoms with Crippen LogP contribution in [0.15, 0.2) is 0 Å². The summed E-state index contributed by atoms with van der Waals surface area (Å²) in [6, 6.07) is 0. The molecule has 0 aromatic carbocycles. The predicted octanol–water partition coefficient (Wildman–Crippen LogP) is 0.984. The van der Waals surface area contributed by atoms with Gasteiger partial charge in [0.05, 0.1) is 20.3 Å². The second kappa shape index (κ2) is 9.72. The van der Waals surface area contributed by atoms with Gasteiger partial charge in [-0.25, -0.2) is 4.79 Å². The largest absolute Gasteiger partial charge is 0.467 e. The Kier molecular flexibility index (Phi) is 8.22. The van der Waals surface area contributed by atoms with E-state index < -0.39 is 6.10 Å². The smallest absolute Gasteiger partial charge is 0.336 e. The van der Waals surface area contributed by atoms with Crippen molar-refractivity contribution in [2.45, 2.75) is 38.7 Å². The first-order valence-electron chi connectivity index (χ1n) is 7.24. The molecule has 0 spiro atoms. The summed E-state index contributed by atoms with van der Waals surface area (Å²) in [5.74, 6) is -0.429. The number of carbonyl (C=O) groups is 2. The third-order valence-electron chi connectivity index (χ3n) is 3.28. The van der Waals surface area contributed by atoms with Crippen LogP contribution in [0.5, 0.6) is 0 Å². The molecular weight excluding hydrogens is 262 g/mol. The average molecular weight is 287 g/mol. The van der Waals surface area contributed by atoms with Gasteiger partial charge < -0.3 is 14.2 Å². The zero-order chi connectivity index (χ0) is 14.8. The van der Waals surface area contributed by atoms with Crippen LogP contribution >= 0.6 is 0 Å². The first-order chi connectivity index (χ1) is 9.67. The fourth-order valence-electron chi connectivity index (χ4n) is 2.19. The number of hydrogen-bond acceptors (Lipinski definition) is 6. The molecule has 20 heavy (non-hydrogen) atoms. The number of hydrogen-bond donors (Lipinski definition) is 0. The van der Waals surface area contributed by atoms with E-state index in [2.05, 4.69) is 9.64 Å². The van der Waals surface area contributed by atoms with E-state index in [4.69, 9.17) is 9.47 Å². The van der Waals surface area contributed by atoms with Gasteiger partial charge >= 0.3 is 11.9 Å². The Morgan fingerprint density at radius 2 is 2.10 bits per heavy atom. The Labute approximate surface area is 120 Å². The average Bonchev–Trinajstić information content (AvgIpc) is 2.46. The highest BCUT2D eigenvalue weighted by Crippen LogP contribution is 2.09. The Hall–Kier alpha value is -1.14. The predicted molar refractivity (Wildman–Crippen MR) is 73.3 cm³/mol. The lowest BCUT2D eigenvalue weighted by atomic mass is 10.1. The van der Waals surface area contributed by atoms with Crippen LogP contribution in [0.1, 0.15) is 32.6 Å². The van der Waals surface area contributed by atoms with E-state index in [0.29, 0.717) is 26.2 Å². The van der Waals surface area contributed by atoms with Gasteiger partial charge in [-0.1, -0.05) is 6.42 Å². The van der Waals surface area contributed by atoms with Crippen LogP contribution in [-0.2, 0) is 23.8 Å². The maximum Gasteiger partial charge on any atom is 0.336 e. The van der Waals surface area contributed by atoms with Crippen LogP contribution in [0, 0.1) is 0 Å². The highest BCUT2D eigenvalue weighted by atomic mass is 16.6. The van der Waals surface area contributed by atoms with Crippen molar-refractivity contribution < 1.29 is 23.8 Å². The van der Waals surface area contributed by atoms with Crippen molar-refractivity contribution in [1.29, 1.82) is 0 Å². The number of esters is 2. The first-order valence-corrected chi connectivity index (χ1v) is 7.24. The van der Waals surface area contributed by atoms with Crippen LogP contribution in [0.4, 0.5) is 0 Å². The molecule has 1 unspecified atom stereocenters. The molecule has 1 aliphatic heterocycles. The Balaban J connectivity index is 2.09. The number of carbonyl (C=O) groups excluding carboxylic acids is 2. The normalized spacial score (nSPS) is 19.6. The molecule has 1 rings (SSSR count). The van der Waals surface area contributed by atoms with Gasteiger partial charge in [0.1, 0.15) is 0 Å². The number of rotatable bonds is 8. The van der Waals surface area contributed by atoms with E-state index in [1.807, 2.05) is 6.92 Å². The number of unbranched alkanes of at least 4 members (excludes halogenated alkanes) is 2. The van der Waals surface area contributed by atoms with Gasteiger partial charge in [0.25, 0.3) is 0 Å². The lowest BCUT2D eigenvalue weighted by Gasteiger charge is -2.31. The maximum absolute atomic E-state index is 11.4. The van der Waals surface area contributed by atoms with Gasteiger partial charge in [0.15, 0.2) is 6.10 Å². The molecule has 0 N–H and O–H groups in total. The summed E-state index contributed by atoms with van der Waals surface area (Å²) in [4.78, 5) is 24.8. The van der Waals surface area contributed by atoms with E-state index in [9.17, 15) is 9.59 Å². The second-order valence-corrected chi connectivity index (χ2v) is 4.80. The maximum atomic E-state index is 11.4. The molecular formula is C14H25NO5. The van der Waals surface area contributed by atoms with Crippen LogP contribution in [0.3, 0.4) is 0 Å². The minimum Gasteiger partial charge on any atom is -0.467 e. The molecule has 0 amide bonds. The summed E-state index contributed by atoms with van der Waals surface area (Å²) < 4.78 is 14.9. The second-order valence-electron chi connectivity index (χ2n) is 4.80. The first kappa shape index (κ1) is 16.9.